The maximum absolute atomic E-state index is 13.5. The zero-order valence-electron chi connectivity index (χ0n) is 19.4. The molecular formula is C27H29ClN2O3S. The maximum atomic E-state index is 13.5. The number of methoxy groups -OCH3 is 1. The molecule has 3 aromatic rings. The molecule has 7 heteroatoms. The molecule has 178 valence electrons. The number of likely N-dealkylation sites (N-methyl/N-ethyl adjacent to an activating group) is 1. The summed E-state index contributed by atoms with van der Waals surface area (Å²) in [5.74, 6) is 1.04. The third kappa shape index (κ3) is 7.54. The maximum Gasteiger partial charge on any atom is 0.242 e. The van der Waals surface area contributed by atoms with Crippen LogP contribution in [0, 0.1) is 0 Å². The standard InChI is InChI=1S/C27H29ClN2O3S/c1-29-27(32)25(18-20-7-4-3-5-8-20)30(19-21-9-6-10-23(17-21)33-2)26(31)15-16-34-24-13-11-22(28)12-14-24/h3-14,17,25H,15-16,18-19H2,1-2H3,(H,29,32)/t25-/m0/s1. The summed E-state index contributed by atoms with van der Waals surface area (Å²) in [7, 11) is 3.21. The number of amides is 2. The topological polar surface area (TPSA) is 58.6 Å². The number of hydrogen-bond donors (Lipinski definition) is 1. The first kappa shape index (κ1) is 25.7. The number of carbonyl (C=O) groups excluding carboxylic acids is 2. The lowest BCUT2D eigenvalue weighted by molar-refractivity contribution is -0.140. The molecule has 34 heavy (non-hydrogen) atoms. The summed E-state index contributed by atoms with van der Waals surface area (Å²) in [5, 5.41) is 3.42. The molecule has 3 aromatic carbocycles. The number of nitrogens with zero attached hydrogens (tertiary/aromatic N) is 1. The molecule has 0 saturated heterocycles. The molecule has 0 spiro atoms. The minimum atomic E-state index is -0.633. The van der Waals surface area contributed by atoms with E-state index in [2.05, 4.69) is 5.32 Å². The fraction of sp³-hybridized carbons (Fsp3) is 0.259. The van der Waals surface area contributed by atoms with E-state index in [0.29, 0.717) is 35.9 Å². The van der Waals surface area contributed by atoms with Crippen molar-refractivity contribution in [2.75, 3.05) is 19.9 Å². The molecule has 0 saturated carbocycles. The molecule has 2 amide bonds. The van der Waals surface area contributed by atoms with E-state index in [-0.39, 0.29) is 11.8 Å². The van der Waals surface area contributed by atoms with E-state index in [4.69, 9.17) is 16.3 Å². The van der Waals surface area contributed by atoms with E-state index in [0.717, 1.165) is 16.0 Å². The Kier molecular flexibility index (Phi) is 9.86. The number of thioether (sulfide) groups is 1. The lowest BCUT2D eigenvalue weighted by Gasteiger charge is -2.31. The van der Waals surface area contributed by atoms with Gasteiger partial charge in [0.05, 0.1) is 7.11 Å². The second kappa shape index (κ2) is 13.1. The summed E-state index contributed by atoms with van der Waals surface area (Å²) >= 11 is 7.55. The minimum Gasteiger partial charge on any atom is -0.497 e. The molecule has 0 unspecified atom stereocenters. The first-order valence-electron chi connectivity index (χ1n) is 11.1. The van der Waals surface area contributed by atoms with Crippen molar-refractivity contribution in [2.24, 2.45) is 0 Å². The number of ether oxygens (including phenoxy) is 1. The molecule has 0 aromatic heterocycles. The smallest absolute Gasteiger partial charge is 0.242 e. The quantitative estimate of drug-likeness (QED) is 0.370. The van der Waals surface area contributed by atoms with E-state index in [1.54, 1.807) is 30.8 Å². The molecule has 0 bridgehead atoms. The zero-order chi connectivity index (χ0) is 24.3. The van der Waals surface area contributed by atoms with Gasteiger partial charge >= 0.3 is 0 Å². The molecular weight excluding hydrogens is 468 g/mol. The average molecular weight is 497 g/mol. The lowest BCUT2D eigenvalue weighted by Crippen LogP contribution is -2.49. The Bertz CT molecular complexity index is 1080. The van der Waals surface area contributed by atoms with Crippen molar-refractivity contribution < 1.29 is 14.3 Å². The molecule has 0 radical (unpaired) electrons. The van der Waals surface area contributed by atoms with Gasteiger partial charge in [0, 0.05) is 42.1 Å². The van der Waals surface area contributed by atoms with Gasteiger partial charge in [0.15, 0.2) is 0 Å². The molecule has 0 aliphatic heterocycles. The summed E-state index contributed by atoms with van der Waals surface area (Å²) in [5.41, 5.74) is 1.90. The van der Waals surface area contributed by atoms with Crippen LogP contribution in [0.25, 0.3) is 0 Å². The zero-order valence-corrected chi connectivity index (χ0v) is 20.9. The summed E-state index contributed by atoms with van der Waals surface area (Å²) in [6.07, 6.45) is 0.736. The first-order valence-corrected chi connectivity index (χ1v) is 12.4. The van der Waals surface area contributed by atoms with Crippen molar-refractivity contribution in [3.05, 3.63) is 95.0 Å². The van der Waals surface area contributed by atoms with Gasteiger partial charge in [-0.3, -0.25) is 9.59 Å². The van der Waals surface area contributed by atoms with Gasteiger partial charge in [-0.25, -0.2) is 0 Å². The summed E-state index contributed by atoms with van der Waals surface area (Å²) in [6.45, 7) is 0.312. The van der Waals surface area contributed by atoms with Gasteiger partial charge in [0.25, 0.3) is 0 Å². The normalized spacial score (nSPS) is 11.5. The van der Waals surface area contributed by atoms with E-state index >= 15 is 0 Å². The van der Waals surface area contributed by atoms with Gasteiger partial charge < -0.3 is 15.0 Å². The van der Waals surface area contributed by atoms with Crippen molar-refractivity contribution in [1.82, 2.24) is 10.2 Å². The highest BCUT2D eigenvalue weighted by Gasteiger charge is 2.29. The fourth-order valence-corrected chi connectivity index (χ4v) is 4.59. The van der Waals surface area contributed by atoms with Crippen molar-refractivity contribution in [3.63, 3.8) is 0 Å². The van der Waals surface area contributed by atoms with E-state index in [9.17, 15) is 9.59 Å². The van der Waals surface area contributed by atoms with Crippen molar-refractivity contribution in [2.45, 2.75) is 30.3 Å². The highest BCUT2D eigenvalue weighted by atomic mass is 35.5. The second-order valence-electron chi connectivity index (χ2n) is 7.75. The number of halogens is 1. The fourth-order valence-electron chi connectivity index (χ4n) is 3.62. The average Bonchev–Trinajstić information content (AvgIpc) is 2.87. The van der Waals surface area contributed by atoms with Gasteiger partial charge in [-0.2, -0.15) is 0 Å². The molecule has 1 atom stereocenters. The number of nitrogens with one attached hydrogen (secondary N) is 1. The number of hydrogen-bond acceptors (Lipinski definition) is 4. The van der Waals surface area contributed by atoms with Crippen LogP contribution in [0.5, 0.6) is 5.75 Å². The van der Waals surface area contributed by atoms with Crippen LogP contribution in [-0.4, -0.2) is 42.7 Å². The Morgan fingerprint density at radius 3 is 2.38 bits per heavy atom. The Labute approximate surface area is 210 Å². The monoisotopic (exact) mass is 496 g/mol. The summed E-state index contributed by atoms with van der Waals surface area (Å²) in [6, 6.07) is 24.3. The molecule has 0 fully saturated rings. The number of benzene rings is 3. The van der Waals surface area contributed by atoms with Crippen LogP contribution in [0.4, 0.5) is 0 Å². The lowest BCUT2D eigenvalue weighted by atomic mass is 10.0. The van der Waals surface area contributed by atoms with Crippen molar-refractivity contribution in [1.29, 1.82) is 0 Å². The summed E-state index contributed by atoms with van der Waals surface area (Å²) < 4.78 is 5.35. The van der Waals surface area contributed by atoms with E-state index in [1.165, 1.54) is 0 Å². The van der Waals surface area contributed by atoms with Crippen LogP contribution in [0.15, 0.2) is 83.8 Å². The largest absolute Gasteiger partial charge is 0.497 e. The van der Waals surface area contributed by atoms with E-state index in [1.807, 2.05) is 78.9 Å². The van der Waals surface area contributed by atoms with Gasteiger partial charge in [0.2, 0.25) is 11.8 Å². The summed E-state index contributed by atoms with van der Waals surface area (Å²) in [4.78, 5) is 29.2. The Morgan fingerprint density at radius 2 is 1.71 bits per heavy atom. The third-order valence-electron chi connectivity index (χ3n) is 5.40. The third-order valence-corrected chi connectivity index (χ3v) is 6.67. The van der Waals surface area contributed by atoms with Crippen LogP contribution in [0.3, 0.4) is 0 Å². The van der Waals surface area contributed by atoms with Gasteiger partial charge in [-0.05, 0) is 47.5 Å². The Balaban J connectivity index is 1.81. The molecule has 0 aliphatic carbocycles. The van der Waals surface area contributed by atoms with E-state index < -0.39 is 6.04 Å². The molecule has 0 aliphatic rings. The van der Waals surface area contributed by atoms with Crippen LogP contribution in [0.1, 0.15) is 17.5 Å². The molecule has 0 heterocycles. The number of carbonyl (C=O) groups is 2. The Morgan fingerprint density at radius 1 is 1.00 bits per heavy atom. The van der Waals surface area contributed by atoms with Crippen molar-refractivity contribution >= 4 is 35.2 Å². The SMILES string of the molecule is CNC(=O)[C@H](Cc1ccccc1)N(Cc1cccc(OC)c1)C(=O)CCSc1ccc(Cl)cc1. The molecule has 1 N–H and O–H groups in total. The van der Waals surface area contributed by atoms with Gasteiger partial charge in [0.1, 0.15) is 11.8 Å². The predicted octanol–water partition coefficient (Wildman–Crippen LogP) is 5.22. The van der Waals surface area contributed by atoms with Crippen LogP contribution < -0.4 is 10.1 Å². The Hall–Kier alpha value is -2.96. The molecule has 3 rings (SSSR count). The first-order chi connectivity index (χ1) is 16.5. The second-order valence-corrected chi connectivity index (χ2v) is 9.35. The van der Waals surface area contributed by atoms with Crippen LogP contribution in [0.2, 0.25) is 5.02 Å². The highest BCUT2D eigenvalue weighted by molar-refractivity contribution is 7.99. The predicted molar refractivity (Wildman–Crippen MR) is 138 cm³/mol. The van der Waals surface area contributed by atoms with Gasteiger partial charge in [-0.15, -0.1) is 11.8 Å². The van der Waals surface area contributed by atoms with Crippen molar-refractivity contribution in [3.8, 4) is 5.75 Å². The highest BCUT2D eigenvalue weighted by Crippen LogP contribution is 2.23. The number of rotatable bonds is 11. The molecule has 5 nitrogen and oxygen atoms in total. The minimum absolute atomic E-state index is 0.0752. The van der Waals surface area contributed by atoms with Crippen LogP contribution >= 0.6 is 23.4 Å². The van der Waals surface area contributed by atoms with Gasteiger partial charge in [-0.1, -0.05) is 54.1 Å². The van der Waals surface area contributed by atoms with Crippen LogP contribution in [-0.2, 0) is 22.6 Å².